The van der Waals surface area contributed by atoms with Gasteiger partial charge in [0.1, 0.15) is 18.1 Å². The maximum atomic E-state index is 11.6. The second-order valence-corrected chi connectivity index (χ2v) is 4.58. The lowest BCUT2D eigenvalue weighted by atomic mass is 10.0. The molecule has 1 aromatic heterocycles. The third kappa shape index (κ3) is 1.95. The number of hydrogen-bond donors (Lipinski definition) is 1. The Morgan fingerprint density at radius 2 is 2.20 bits per heavy atom. The zero-order valence-electron chi connectivity index (χ0n) is 11.0. The number of nitrogens with zero attached hydrogens (tertiary/aromatic N) is 1. The van der Waals surface area contributed by atoms with Gasteiger partial charge in [-0.25, -0.2) is 10.2 Å². The van der Waals surface area contributed by atoms with Gasteiger partial charge < -0.3 is 9.15 Å². The average molecular weight is 272 g/mol. The first-order chi connectivity index (χ1) is 9.56. The SMILES string of the molecule is CC(=O)N/N=C1/COc2ccc3c(C)cc(=O)oc3c21. The summed E-state index contributed by atoms with van der Waals surface area (Å²) in [4.78, 5) is 22.5. The van der Waals surface area contributed by atoms with Crippen LogP contribution in [-0.4, -0.2) is 18.2 Å². The molecule has 1 N–H and O–H groups in total. The van der Waals surface area contributed by atoms with Crippen LogP contribution < -0.4 is 15.8 Å². The molecular formula is C14H12N2O4. The van der Waals surface area contributed by atoms with Gasteiger partial charge in [-0.1, -0.05) is 0 Å². The highest BCUT2D eigenvalue weighted by Crippen LogP contribution is 2.33. The van der Waals surface area contributed by atoms with E-state index >= 15 is 0 Å². The van der Waals surface area contributed by atoms with Gasteiger partial charge in [0.25, 0.3) is 0 Å². The van der Waals surface area contributed by atoms with Gasteiger partial charge in [-0.15, -0.1) is 0 Å². The molecule has 2 heterocycles. The molecule has 1 aliphatic rings. The number of carbonyl (C=O) groups is 1. The maximum absolute atomic E-state index is 11.6. The van der Waals surface area contributed by atoms with Crippen LogP contribution in [0.25, 0.3) is 11.0 Å². The molecule has 1 aliphatic heterocycles. The Balaban J connectivity index is 2.27. The van der Waals surface area contributed by atoms with Crippen molar-refractivity contribution in [3.63, 3.8) is 0 Å². The molecule has 102 valence electrons. The van der Waals surface area contributed by atoms with Crippen molar-refractivity contribution in [1.29, 1.82) is 0 Å². The van der Waals surface area contributed by atoms with Crippen molar-refractivity contribution in [3.05, 3.63) is 39.7 Å². The van der Waals surface area contributed by atoms with Crippen LogP contribution in [0.3, 0.4) is 0 Å². The van der Waals surface area contributed by atoms with Crippen LogP contribution in [0.5, 0.6) is 5.75 Å². The Labute approximate surface area is 114 Å². The molecule has 0 saturated carbocycles. The first-order valence-electron chi connectivity index (χ1n) is 6.10. The predicted octanol–water partition coefficient (Wildman–Crippen LogP) is 1.33. The zero-order chi connectivity index (χ0) is 14.3. The standard InChI is InChI=1S/C14H12N2O4/c1-7-5-12(18)20-14-9(7)3-4-11-13(14)10(6-19-11)16-15-8(2)17/h3-5H,6H2,1-2H3,(H,15,17)/b16-10-. The molecule has 0 bridgehead atoms. The van der Waals surface area contributed by atoms with E-state index in [2.05, 4.69) is 10.5 Å². The van der Waals surface area contributed by atoms with E-state index in [4.69, 9.17) is 9.15 Å². The van der Waals surface area contributed by atoms with Crippen LogP contribution in [0, 0.1) is 6.92 Å². The van der Waals surface area contributed by atoms with Crippen molar-refractivity contribution in [1.82, 2.24) is 5.43 Å². The van der Waals surface area contributed by atoms with Crippen molar-refractivity contribution >= 4 is 22.6 Å². The van der Waals surface area contributed by atoms with Gasteiger partial charge in [0.2, 0.25) is 5.91 Å². The molecule has 0 saturated heterocycles. The topological polar surface area (TPSA) is 80.9 Å². The Hall–Kier alpha value is -2.63. The molecule has 0 aliphatic carbocycles. The molecule has 0 unspecified atom stereocenters. The van der Waals surface area contributed by atoms with Gasteiger partial charge in [-0.05, 0) is 24.6 Å². The number of benzene rings is 1. The van der Waals surface area contributed by atoms with Gasteiger partial charge in [-0.3, -0.25) is 4.79 Å². The summed E-state index contributed by atoms with van der Waals surface area (Å²) in [5.41, 5.74) is 4.37. The minimum atomic E-state index is -0.422. The Kier molecular flexibility index (Phi) is 2.78. The summed E-state index contributed by atoms with van der Waals surface area (Å²) in [7, 11) is 0. The molecule has 6 heteroatoms. The largest absolute Gasteiger partial charge is 0.486 e. The quantitative estimate of drug-likeness (QED) is 0.627. The summed E-state index contributed by atoms with van der Waals surface area (Å²) in [6.45, 7) is 3.44. The molecule has 0 radical (unpaired) electrons. The van der Waals surface area contributed by atoms with Crippen LogP contribution in [0.4, 0.5) is 0 Å². The van der Waals surface area contributed by atoms with Crippen LogP contribution in [0.1, 0.15) is 18.1 Å². The van der Waals surface area contributed by atoms with E-state index in [0.717, 1.165) is 10.9 Å². The Morgan fingerprint density at radius 3 is 2.95 bits per heavy atom. The summed E-state index contributed by atoms with van der Waals surface area (Å²) < 4.78 is 10.8. The van der Waals surface area contributed by atoms with E-state index in [1.165, 1.54) is 13.0 Å². The number of fused-ring (bicyclic) bond motifs is 3. The molecule has 6 nitrogen and oxygen atoms in total. The molecule has 1 amide bonds. The first kappa shape index (κ1) is 12.4. The van der Waals surface area contributed by atoms with Gasteiger partial charge in [0, 0.05) is 18.4 Å². The van der Waals surface area contributed by atoms with Crippen molar-refractivity contribution in [2.24, 2.45) is 5.10 Å². The van der Waals surface area contributed by atoms with Crippen LogP contribution in [-0.2, 0) is 4.79 Å². The highest BCUT2D eigenvalue weighted by Gasteiger charge is 2.25. The van der Waals surface area contributed by atoms with Crippen molar-refractivity contribution in [2.75, 3.05) is 6.61 Å². The number of rotatable bonds is 1. The summed E-state index contributed by atoms with van der Waals surface area (Å²) in [5, 5.41) is 4.83. The normalized spacial score (nSPS) is 15.2. The number of ether oxygens (including phenoxy) is 1. The molecule has 0 fully saturated rings. The summed E-state index contributed by atoms with van der Waals surface area (Å²) in [6.07, 6.45) is 0. The highest BCUT2D eigenvalue weighted by atomic mass is 16.5. The molecule has 0 atom stereocenters. The molecule has 1 aromatic carbocycles. The average Bonchev–Trinajstić information content (AvgIpc) is 2.79. The van der Waals surface area contributed by atoms with E-state index in [1.54, 1.807) is 6.07 Å². The third-order valence-electron chi connectivity index (χ3n) is 3.08. The second-order valence-electron chi connectivity index (χ2n) is 4.58. The molecule has 20 heavy (non-hydrogen) atoms. The Bertz CT molecular complexity index is 805. The fraction of sp³-hybridized carbons (Fsp3) is 0.214. The molecule has 0 spiro atoms. The summed E-state index contributed by atoms with van der Waals surface area (Å²) in [5.74, 6) is 0.319. The predicted molar refractivity (Wildman–Crippen MR) is 73.1 cm³/mol. The number of hydrazone groups is 1. The van der Waals surface area contributed by atoms with Gasteiger partial charge >= 0.3 is 5.63 Å². The first-order valence-corrected chi connectivity index (χ1v) is 6.10. The van der Waals surface area contributed by atoms with Crippen LogP contribution >= 0.6 is 0 Å². The number of aryl methyl sites for hydroxylation is 1. The van der Waals surface area contributed by atoms with E-state index in [-0.39, 0.29) is 12.5 Å². The van der Waals surface area contributed by atoms with E-state index in [0.29, 0.717) is 22.6 Å². The fourth-order valence-corrected chi connectivity index (χ4v) is 2.21. The lowest BCUT2D eigenvalue weighted by Crippen LogP contribution is -2.17. The number of nitrogens with one attached hydrogen (secondary N) is 1. The van der Waals surface area contributed by atoms with Gasteiger partial charge in [-0.2, -0.15) is 5.10 Å². The van der Waals surface area contributed by atoms with Gasteiger partial charge in [0.05, 0.1) is 5.56 Å². The summed E-state index contributed by atoms with van der Waals surface area (Å²) in [6, 6.07) is 5.09. The lowest BCUT2D eigenvalue weighted by molar-refractivity contribution is -0.118. The number of carbonyl (C=O) groups excluding carboxylic acids is 1. The van der Waals surface area contributed by atoms with Crippen LogP contribution in [0.2, 0.25) is 0 Å². The minimum absolute atomic E-state index is 0.229. The number of hydrogen-bond acceptors (Lipinski definition) is 5. The van der Waals surface area contributed by atoms with Crippen molar-refractivity contribution in [2.45, 2.75) is 13.8 Å². The monoisotopic (exact) mass is 272 g/mol. The number of amides is 1. The van der Waals surface area contributed by atoms with E-state index in [9.17, 15) is 9.59 Å². The lowest BCUT2D eigenvalue weighted by Gasteiger charge is -2.04. The zero-order valence-corrected chi connectivity index (χ0v) is 11.0. The maximum Gasteiger partial charge on any atom is 0.336 e. The third-order valence-corrected chi connectivity index (χ3v) is 3.08. The molecule has 3 rings (SSSR count). The Morgan fingerprint density at radius 1 is 1.40 bits per heavy atom. The molecular weight excluding hydrogens is 260 g/mol. The fourth-order valence-electron chi connectivity index (χ4n) is 2.21. The van der Waals surface area contributed by atoms with E-state index < -0.39 is 5.63 Å². The second kappa shape index (κ2) is 4.48. The highest BCUT2D eigenvalue weighted by molar-refractivity contribution is 6.14. The summed E-state index contributed by atoms with van der Waals surface area (Å²) >= 11 is 0. The van der Waals surface area contributed by atoms with Gasteiger partial charge in [0.15, 0.2) is 5.58 Å². The van der Waals surface area contributed by atoms with Crippen molar-refractivity contribution < 1.29 is 13.9 Å². The smallest absolute Gasteiger partial charge is 0.336 e. The molecule has 2 aromatic rings. The van der Waals surface area contributed by atoms with Crippen molar-refractivity contribution in [3.8, 4) is 5.75 Å². The van der Waals surface area contributed by atoms with E-state index in [1.807, 2.05) is 13.0 Å². The minimum Gasteiger partial charge on any atom is -0.486 e. The van der Waals surface area contributed by atoms with Crippen LogP contribution in [0.15, 0.2) is 32.5 Å².